The van der Waals surface area contributed by atoms with Crippen molar-refractivity contribution in [2.24, 2.45) is 0 Å². The average molecular weight is 402 g/mol. The van der Waals surface area contributed by atoms with Gasteiger partial charge in [0.25, 0.3) is 0 Å². The number of aromatic amines is 1. The summed E-state index contributed by atoms with van der Waals surface area (Å²) in [7, 11) is 0. The first kappa shape index (κ1) is 18.2. The normalized spacial score (nSPS) is 13.8. The monoisotopic (exact) mass is 402 g/mol. The predicted molar refractivity (Wildman–Crippen MR) is 113 cm³/mol. The number of nitrogens with one attached hydrogen (secondary N) is 1. The number of carbonyl (C=O) groups is 1. The Labute approximate surface area is 171 Å². The topological polar surface area (TPSA) is 101 Å². The molecule has 0 aliphatic carbocycles. The van der Waals surface area contributed by atoms with Crippen LogP contribution >= 0.6 is 0 Å². The molecule has 1 fully saturated rings. The first-order valence-corrected chi connectivity index (χ1v) is 9.75. The second-order valence-corrected chi connectivity index (χ2v) is 7.31. The van der Waals surface area contributed by atoms with E-state index < -0.39 is 5.82 Å². The van der Waals surface area contributed by atoms with Gasteiger partial charge in [-0.2, -0.15) is 0 Å². The SMILES string of the molecule is Nc1cc(-c2cnc3[nH]cc(C(=O)c4cccc(N5CCCC5)c4F)c3c2)ncn1. The highest BCUT2D eigenvalue weighted by atomic mass is 19.1. The van der Waals surface area contributed by atoms with E-state index in [1.54, 1.807) is 36.7 Å². The average Bonchev–Trinajstić information content (AvgIpc) is 3.43. The number of carbonyl (C=O) groups excluding carboxylic acids is 1. The van der Waals surface area contributed by atoms with E-state index in [1.807, 2.05) is 4.90 Å². The number of halogens is 1. The Hall–Kier alpha value is -3.81. The smallest absolute Gasteiger partial charge is 0.198 e. The molecular formula is C22H19FN6O. The Morgan fingerprint density at radius 2 is 1.93 bits per heavy atom. The molecule has 30 heavy (non-hydrogen) atoms. The molecule has 1 saturated heterocycles. The maximum Gasteiger partial charge on any atom is 0.198 e. The molecule has 150 valence electrons. The summed E-state index contributed by atoms with van der Waals surface area (Å²) in [6.07, 6.45) is 6.64. The van der Waals surface area contributed by atoms with Gasteiger partial charge in [0, 0.05) is 48.1 Å². The van der Waals surface area contributed by atoms with Crippen LogP contribution in [0.3, 0.4) is 0 Å². The lowest BCUT2D eigenvalue weighted by atomic mass is 10.0. The molecule has 1 aliphatic heterocycles. The van der Waals surface area contributed by atoms with Gasteiger partial charge in [-0.3, -0.25) is 4.79 Å². The number of benzene rings is 1. The number of aromatic nitrogens is 4. The first-order valence-electron chi connectivity index (χ1n) is 9.75. The molecule has 1 aromatic carbocycles. The fourth-order valence-electron chi connectivity index (χ4n) is 3.90. The molecule has 0 saturated carbocycles. The van der Waals surface area contributed by atoms with Crippen molar-refractivity contribution in [2.75, 3.05) is 23.7 Å². The predicted octanol–water partition coefficient (Wildman–Crippen LogP) is 3.57. The van der Waals surface area contributed by atoms with Gasteiger partial charge < -0.3 is 15.6 Å². The Morgan fingerprint density at radius 3 is 2.73 bits per heavy atom. The van der Waals surface area contributed by atoms with Crippen LogP contribution in [0.15, 0.2) is 49.1 Å². The highest BCUT2D eigenvalue weighted by Gasteiger charge is 2.23. The molecule has 0 unspecified atom stereocenters. The summed E-state index contributed by atoms with van der Waals surface area (Å²) in [6.45, 7) is 1.61. The lowest BCUT2D eigenvalue weighted by Crippen LogP contribution is -2.20. The number of anilines is 2. The van der Waals surface area contributed by atoms with Crippen molar-refractivity contribution < 1.29 is 9.18 Å². The van der Waals surface area contributed by atoms with Gasteiger partial charge in [0.2, 0.25) is 0 Å². The van der Waals surface area contributed by atoms with E-state index in [4.69, 9.17) is 5.73 Å². The molecule has 4 aromatic rings. The number of nitrogens with zero attached hydrogens (tertiary/aromatic N) is 4. The Morgan fingerprint density at radius 1 is 1.10 bits per heavy atom. The molecule has 0 radical (unpaired) electrons. The summed E-state index contributed by atoms with van der Waals surface area (Å²) in [6, 6.07) is 8.42. The summed E-state index contributed by atoms with van der Waals surface area (Å²) >= 11 is 0. The number of H-pyrrole nitrogens is 1. The maximum atomic E-state index is 15.2. The number of fused-ring (bicyclic) bond motifs is 1. The molecule has 1 aliphatic rings. The van der Waals surface area contributed by atoms with Crippen LogP contribution in [-0.2, 0) is 0 Å². The van der Waals surface area contributed by atoms with Gasteiger partial charge in [-0.15, -0.1) is 0 Å². The standard InChI is InChI=1S/C22H19FN6O/c23-20-14(4-3-5-18(20)29-6-1-2-7-29)21(30)16-11-26-22-15(16)8-13(10-25-22)17-9-19(24)28-12-27-17/h3-5,8-12H,1-2,6-7H2,(H,25,26)(H2,24,27,28). The lowest BCUT2D eigenvalue weighted by molar-refractivity contribution is 0.103. The van der Waals surface area contributed by atoms with E-state index in [0.29, 0.717) is 39.4 Å². The summed E-state index contributed by atoms with van der Waals surface area (Å²) < 4.78 is 15.2. The fraction of sp³-hybridized carbons (Fsp3) is 0.182. The minimum Gasteiger partial charge on any atom is -0.384 e. The zero-order valence-corrected chi connectivity index (χ0v) is 16.1. The van der Waals surface area contributed by atoms with Crippen molar-refractivity contribution in [3.8, 4) is 11.3 Å². The van der Waals surface area contributed by atoms with E-state index in [-0.39, 0.29) is 11.3 Å². The molecule has 0 atom stereocenters. The molecule has 0 spiro atoms. The Bertz CT molecular complexity index is 1260. The Kier molecular flexibility index (Phi) is 4.39. The van der Waals surface area contributed by atoms with Gasteiger partial charge in [0.05, 0.1) is 16.9 Å². The van der Waals surface area contributed by atoms with Gasteiger partial charge in [0.15, 0.2) is 11.6 Å². The van der Waals surface area contributed by atoms with Gasteiger partial charge >= 0.3 is 0 Å². The molecule has 0 bridgehead atoms. The highest BCUT2D eigenvalue weighted by molar-refractivity contribution is 6.16. The number of nitrogen functional groups attached to an aromatic ring is 1. The number of pyridine rings is 1. The molecule has 8 heteroatoms. The van der Waals surface area contributed by atoms with E-state index in [9.17, 15) is 4.79 Å². The number of nitrogens with two attached hydrogens (primary N) is 1. The fourth-order valence-corrected chi connectivity index (χ4v) is 3.90. The van der Waals surface area contributed by atoms with Crippen molar-refractivity contribution in [1.29, 1.82) is 0 Å². The van der Waals surface area contributed by atoms with Gasteiger partial charge in [-0.25, -0.2) is 19.3 Å². The second-order valence-electron chi connectivity index (χ2n) is 7.31. The van der Waals surface area contributed by atoms with Crippen molar-refractivity contribution in [2.45, 2.75) is 12.8 Å². The van der Waals surface area contributed by atoms with Crippen LogP contribution < -0.4 is 10.6 Å². The molecule has 5 rings (SSSR count). The van der Waals surface area contributed by atoms with Crippen molar-refractivity contribution >= 4 is 28.3 Å². The van der Waals surface area contributed by atoms with Crippen molar-refractivity contribution in [1.82, 2.24) is 19.9 Å². The van der Waals surface area contributed by atoms with Crippen LogP contribution in [0.25, 0.3) is 22.3 Å². The molecule has 4 heterocycles. The van der Waals surface area contributed by atoms with E-state index in [0.717, 1.165) is 25.9 Å². The highest BCUT2D eigenvalue weighted by Crippen LogP contribution is 2.30. The van der Waals surface area contributed by atoms with Crippen LogP contribution in [-0.4, -0.2) is 38.8 Å². The van der Waals surface area contributed by atoms with Crippen LogP contribution in [0, 0.1) is 5.82 Å². The summed E-state index contributed by atoms with van der Waals surface area (Å²) in [4.78, 5) is 30.7. The number of hydrogen-bond acceptors (Lipinski definition) is 6. The second kappa shape index (κ2) is 7.22. The minimum atomic E-state index is -0.480. The lowest BCUT2D eigenvalue weighted by Gasteiger charge is -2.19. The quantitative estimate of drug-likeness (QED) is 0.506. The van der Waals surface area contributed by atoms with Crippen LogP contribution in [0.1, 0.15) is 28.8 Å². The van der Waals surface area contributed by atoms with Crippen molar-refractivity contribution in [3.05, 3.63) is 66.0 Å². The van der Waals surface area contributed by atoms with Crippen LogP contribution in [0.4, 0.5) is 15.9 Å². The molecule has 3 N–H and O–H groups in total. The van der Waals surface area contributed by atoms with E-state index in [2.05, 4.69) is 19.9 Å². The molecule has 3 aromatic heterocycles. The van der Waals surface area contributed by atoms with Crippen LogP contribution in [0.5, 0.6) is 0 Å². The molecule has 7 nitrogen and oxygen atoms in total. The summed E-state index contributed by atoms with van der Waals surface area (Å²) in [5.74, 6) is -0.529. The molecular weight excluding hydrogens is 383 g/mol. The minimum absolute atomic E-state index is 0.0528. The number of hydrogen-bond donors (Lipinski definition) is 2. The summed E-state index contributed by atoms with van der Waals surface area (Å²) in [5, 5.41) is 0.598. The van der Waals surface area contributed by atoms with Gasteiger partial charge in [-0.1, -0.05) is 6.07 Å². The van der Waals surface area contributed by atoms with Crippen molar-refractivity contribution in [3.63, 3.8) is 0 Å². The third kappa shape index (κ3) is 3.06. The maximum absolute atomic E-state index is 15.2. The zero-order chi connectivity index (χ0) is 20.7. The van der Waals surface area contributed by atoms with E-state index in [1.165, 1.54) is 12.4 Å². The third-order valence-electron chi connectivity index (χ3n) is 5.43. The van der Waals surface area contributed by atoms with E-state index >= 15 is 4.39 Å². The summed E-state index contributed by atoms with van der Waals surface area (Å²) in [5.41, 5.74) is 8.47. The number of rotatable bonds is 4. The Balaban J connectivity index is 1.57. The first-order chi connectivity index (χ1) is 14.6. The third-order valence-corrected chi connectivity index (χ3v) is 5.43. The largest absolute Gasteiger partial charge is 0.384 e. The van der Waals surface area contributed by atoms with Crippen LogP contribution in [0.2, 0.25) is 0 Å². The number of ketones is 1. The van der Waals surface area contributed by atoms with Gasteiger partial charge in [-0.05, 0) is 31.0 Å². The molecule has 0 amide bonds. The zero-order valence-electron chi connectivity index (χ0n) is 16.1. The van der Waals surface area contributed by atoms with Gasteiger partial charge in [0.1, 0.15) is 17.8 Å².